The molecule has 0 saturated carbocycles. The summed E-state index contributed by atoms with van der Waals surface area (Å²) in [6.45, 7) is -2.33. The highest BCUT2D eigenvalue weighted by molar-refractivity contribution is 9.10. The molecule has 1 unspecified atom stereocenters. The molecule has 1 atom stereocenters. The number of carbonyl (C=O) groups excluding carboxylic acids is 2. The molecule has 30 heavy (non-hydrogen) atoms. The minimum atomic E-state index is -2.96. The van der Waals surface area contributed by atoms with E-state index >= 15 is 0 Å². The summed E-state index contributed by atoms with van der Waals surface area (Å²) in [5.41, 5.74) is 1.46. The summed E-state index contributed by atoms with van der Waals surface area (Å²) in [7, 11) is 1.37. The number of rotatable bonds is 8. The predicted octanol–water partition coefficient (Wildman–Crippen LogP) is 3.77. The Hall–Kier alpha value is -2.68. The molecular formula is C21H21BrF2N2O4. The van der Waals surface area contributed by atoms with Crippen LogP contribution in [0.5, 0.6) is 11.5 Å². The van der Waals surface area contributed by atoms with E-state index in [2.05, 4.69) is 26.0 Å². The lowest BCUT2D eigenvalue weighted by Gasteiger charge is -2.17. The van der Waals surface area contributed by atoms with Gasteiger partial charge in [0.15, 0.2) is 11.5 Å². The van der Waals surface area contributed by atoms with Crippen LogP contribution in [0.1, 0.15) is 12.0 Å². The molecule has 1 fully saturated rings. The summed E-state index contributed by atoms with van der Waals surface area (Å²) >= 11 is 3.38. The van der Waals surface area contributed by atoms with Gasteiger partial charge in [-0.2, -0.15) is 8.78 Å². The van der Waals surface area contributed by atoms with Crippen molar-refractivity contribution in [3.05, 3.63) is 52.5 Å². The van der Waals surface area contributed by atoms with Crippen LogP contribution in [0.15, 0.2) is 46.9 Å². The lowest BCUT2D eigenvalue weighted by Crippen LogP contribution is -2.34. The number of halogens is 3. The molecule has 1 heterocycles. The Kier molecular flexibility index (Phi) is 7.25. The van der Waals surface area contributed by atoms with Gasteiger partial charge in [-0.3, -0.25) is 9.59 Å². The monoisotopic (exact) mass is 482 g/mol. The molecule has 160 valence electrons. The minimum absolute atomic E-state index is 0.0534. The molecule has 1 aliphatic rings. The van der Waals surface area contributed by atoms with E-state index in [-0.39, 0.29) is 29.7 Å². The Morgan fingerprint density at radius 3 is 2.77 bits per heavy atom. The van der Waals surface area contributed by atoms with Crippen LogP contribution in [0.3, 0.4) is 0 Å². The second-order valence-electron chi connectivity index (χ2n) is 6.79. The number of amides is 2. The van der Waals surface area contributed by atoms with Gasteiger partial charge in [0.25, 0.3) is 0 Å². The lowest BCUT2D eigenvalue weighted by molar-refractivity contribution is -0.126. The summed E-state index contributed by atoms with van der Waals surface area (Å²) in [6.07, 6.45) is 0.568. The fraction of sp³-hybridized carbons (Fsp3) is 0.333. The van der Waals surface area contributed by atoms with Crippen molar-refractivity contribution in [1.82, 2.24) is 5.32 Å². The number of hydrogen-bond donors (Lipinski definition) is 1. The van der Waals surface area contributed by atoms with Gasteiger partial charge in [-0.1, -0.05) is 28.1 Å². The SMILES string of the molecule is COc1ccc(CCNC(=O)C2CC(=O)N(c3cccc(Br)c3)C2)cc1OC(F)F. The molecule has 0 spiro atoms. The van der Waals surface area contributed by atoms with Gasteiger partial charge >= 0.3 is 6.61 Å². The first-order valence-electron chi connectivity index (χ1n) is 9.32. The van der Waals surface area contributed by atoms with Crippen LogP contribution in [0.4, 0.5) is 14.5 Å². The summed E-state index contributed by atoms with van der Waals surface area (Å²) in [6, 6.07) is 12.1. The number of ether oxygens (including phenoxy) is 2. The highest BCUT2D eigenvalue weighted by Crippen LogP contribution is 2.30. The molecule has 3 rings (SSSR count). The van der Waals surface area contributed by atoms with Gasteiger partial charge < -0.3 is 19.7 Å². The molecular weight excluding hydrogens is 462 g/mol. The third-order valence-electron chi connectivity index (χ3n) is 4.77. The van der Waals surface area contributed by atoms with Crippen LogP contribution in [-0.2, 0) is 16.0 Å². The molecule has 6 nitrogen and oxygen atoms in total. The summed E-state index contributed by atoms with van der Waals surface area (Å²) < 4.78 is 35.4. The van der Waals surface area contributed by atoms with Crippen molar-refractivity contribution in [2.75, 3.05) is 25.1 Å². The molecule has 9 heteroatoms. The predicted molar refractivity (Wildman–Crippen MR) is 111 cm³/mol. The number of benzene rings is 2. The van der Waals surface area contributed by atoms with Crippen LogP contribution in [-0.4, -0.2) is 38.6 Å². The molecule has 1 saturated heterocycles. The average molecular weight is 483 g/mol. The Labute approximate surface area is 181 Å². The second-order valence-corrected chi connectivity index (χ2v) is 7.71. The maximum atomic E-state index is 12.5. The molecule has 2 amide bonds. The van der Waals surface area contributed by atoms with Crippen molar-refractivity contribution in [2.45, 2.75) is 19.5 Å². The van der Waals surface area contributed by atoms with Gasteiger partial charge in [0.2, 0.25) is 11.8 Å². The summed E-state index contributed by atoms with van der Waals surface area (Å²) in [5, 5.41) is 2.82. The maximum Gasteiger partial charge on any atom is 0.387 e. The minimum Gasteiger partial charge on any atom is -0.493 e. The zero-order valence-electron chi connectivity index (χ0n) is 16.2. The standard InChI is InChI=1S/C21H21BrF2N2O4/c1-29-17-6-5-13(9-18(17)30-21(23)24)7-8-25-20(28)14-10-19(27)26(12-14)16-4-2-3-15(22)11-16/h2-6,9,11,14,21H,7-8,10,12H2,1H3,(H,25,28). The van der Waals surface area contributed by atoms with Crippen molar-refractivity contribution >= 4 is 33.4 Å². The van der Waals surface area contributed by atoms with Crippen molar-refractivity contribution in [1.29, 1.82) is 0 Å². The first-order chi connectivity index (χ1) is 14.4. The number of carbonyl (C=O) groups is 2. The van der Waals surface area contributed by atoms with Gasteiger partial charge in [-0.15, -0.1) is 0 Å². The third-order valence-corrected chi connectivity index (χ3v) is 5.27. The molecule has 0 aromatic heterocycles. The average Bonchev–Trinajstić information content (AvgIpc) is 3.09. The number of nitrogens with one attached hydrogen (secondary N) is 1. The van der Waals surface area contributed by atoms with Crippen molar-refractivity contribution in [3.63, 3.8) is 0 Å². The van der Waals surface area contributed by atoms with E-state index in [0.29, 0.717) is 25.1 Å². The van der Waals surface area contributed by atoms with Gasteiger partial charge in [0.05, 0.1) is 13.0 Å². The number of methoxy groups -OCH3 is 1. The van der Waals surface area contributed by atoms with E-state index in [1.54, 1.807) is 17.0 Å². The van der Waals surface area contributed by atoms with E-state index in [4.69, 9.17) is 4.74 Å². The van der Waals surface area contributed by atoms with E-state index in [1.165, 1.54) is 13.2 Å². The number of anilines is 1. The Balaban J connectivity index is 1.54. The fourth-order valence-corrected chi connectivity index (χ4v) is 3.70. The zero-order valence-corrected chi connectivity index (χ0v) is 17.8. The van der Waals surface area contributed by atoms with Gasteiger partial charge in [-0.05, 0) is 42.3 Å². The van der Waals surface area contributed by atoms with E-state index in [0.717, 1.165) is 10.2 Å². The fourth-order valence-electron chi connectivity index (χ4n) is 3.32. The largest absolute Gasteiger partial charge is 0.493 e. The topological polar surface area (TPSA) is 67.9 Å². The summed E-state index contributed by atoms with van der Waals surface area (Å²) in [4.78, 5) is 26.4. The molecule has 0 radical (unpaired) electrons. The third kappa shape index (κ3) is 5.47. The smallest absolute Gasteiger partial charge is 0.387 e. The normalized spacial score (nSPS) is 16.1. The first kappa shape index (κ1) is 22.0. The molecule has 1 aliphatic heterocycles. The van der Waals surface area contributed by atoms with Crippen molar-refractivity contribution in [3.8, 4) is 11.5 Å². The van der Waals surface area contributed by atoms with Gasteiger partial charge in [0.1, 0.15) is 0 Å². The van der Waals surface area contributed by atoms with E-state index < -0.39 is 12.5 Å². The quantitative estimate of drug-likeness (QED) is 0.621. The number of hydrogen-bond acceptors (Lipinski definition) is 4. The molecule has 1 N–H and O–H groups in total. The van der Waals surface area contributed by atoms with Gasteiger partial charge in [0, 0.05) is 29.7 Å². The molecule has 0 bridgehead atoms. The molecule has 2 aromatic rings. The van der Waals surface area contributed by atoms with Crippen LogP contribution >= 0.6 is 15.9 Å². The first-order valence-corrected chi connectivity index (χ1v) is 10.1. The highest BCUT2D eigenvalue weighted by atomic mass is 79.9. The Bertz CT molecular complexity index is 926. The highest BCUT2D eigenvalue weighted by Gasteiger charge is 2.35. The van der Waals surface area contributed by atoms with Crippen LogP contribution in [0, 0.1) is 5.92 Å². The van der Waals surface area contributed by atoms with Gasteiger partial charge in [-0.25, -0.2) is 0 Å². The molecule has 0 aliphatic carbocycles. The number of nitrogens with zero attached hydrogens (tertiary/aromatic N) is 1. The maximum absolute atomic E-state index is 12.5. The zero-order chi connectivity index (χ0) is 21.7. The van der Waals surface area contributed by atoms with E-state index in [1.807, 2.05) is 24.3 Å². The number of alkyl halides is 2. The van der Waals surface area contributed by atoms with Crippen LogP contribution in [0.25, 0.3) is 0 Å². The van der Waals surface area contributed by atoms with Crippen molar-refractivity contribution < 1.29 is 27.8 Å². The van der Waals surface area contributed by atoms with E-state index in [9.17, 15) is 18.4 Å². The Morgan fingerprint density at radius 1 is 1.27 bits per heavy atom. The van der Waals surface area contributed by atoms with Crippen LogP contribution < -0.4 is 19.7 Å². The lowest BCUT2D eigenvalue weighted by atomic mass is 10.1. The van der Waals surface area contributed by atoms with Crippen LogP contribution in [0.2, 0.25) is 0 Å². The summed E-state index contributed by atoms with van der Waals surface area (Å²) in [5.74, 6) is -0.594. The Morgan fingerprint density at radius 2 is 2.07 bits per heavy atom. The molecule has 2 aromatic carbocycles. The second kappa shape index (κ2) is 9.88. The van der Waals surface area contributed by atoms with Crippen molar-refractivity contribution in [2.24, 2.45) is 5.92 Å².